The van der Waals surface area contributed by atoms with Gasteiger partial charge in [0.2, 0.25) is 0 Å². The number of benzene rings is 2. The highest BCUT2D eigenvalue weighted by atomic mass is 16.3. The summed E-state index contributed by atoms with van der Waals surface area (Å²) in [7, 11) is 0. The molecule has 0 aliphatic heterocycles. The lowest BCUT2D eigenvalue weighted by atomic mass is 9.87. The summed E-state index contributed by atoms with van der Waals surface area (Å²) in [6.07, 6.45) is 0.703. The Morgan fingerprint density at radius 2 is 1.76 bits per heavy atom. The molecule has 3 rings (SSSR count). The molecule has 0 amide bonds. The van der Waals surface area contributed by atoms with Gasteiger partial charge in [0, 0.05) is 12.5 Å². The predicted molar refractivity (Wildman–Crippen MR) is 86.3 cm³/mol. The van der Waals surface area contributed by atoms with E-state index in [1.807, 2.05) is 18.2 Å². The Morgan fingerprint density at radius 3 is 2.43 bits per heavy atom. The molecule has 1 saturated carbocycles. The zero-order valence-electron chi connectivity index (χ0n) is 12.4. The van der Waals surface area contributed by atoms with Gasteiger partial charge in [-0.1, -0.05) is 54.6 Å². The number of aryl methyl sites for hydroxylation is 1. The quantitative estimate of drug-likeness (QED) is 0.884. The summed E-state index contributed by atoms with van der Waals surface area (Å²) in [5.74, 6) is 0.852. The summed E-state index contributed by atoms with van der Waals surface area (Å²) in [6, 6.07) is 18.7. The second-order valence-electron chi connectivity index (χ2n) is 6.11. The molecule has 0 spiro atoms. The molecule has 4 unspecified atom stereocenters. The van der Waals surface area contributed by atoms with Crippen LogP contribution in [0.5, 0.6) is 0 Å². The van der Waals surface area contributed by atoms with Crippen LogP contribution in [0.4, 0.5) is 0 Å². The minimum atomic E-state index is -0.360. The third-order valence-electron chi connectivity index (χ3n) is 4.76. The van der Waals surface area contributed by atoms with E-state index in [0.717, 1.165) is 6.42 Å². The summed E-state index contributed by atoms with van der Waals surface area (Å²) in [5.41, 5.74) is 9.70. The first-order chi connectivity index (χ1) is 10.2. The van der Waals surface area contributed by atoms with Crippen LogP contribution in [0.3, 0.4) is 0 Å². The van der Waals surface area contributed by atoms with Crippen molar-refractivity contribution in [1.82, 2.24) is 0 Å². The molecule has 4 atom stereocenters. The van der Waals surface area contributed by atoms with Crippen LogP contribution in [0.1, 0.15) is 34.9 Å². The first kappa shape index (κ1) is 14.3. The molecule has 2 aromatic rings. The highest BCUT2D eigenvalue weighted by Crippen LogP contribution is 2.52. The maximum Gasteiger partial charge on any atom is 0.0655 e. The average molecular weight is 281 g/mol. The van der Waals surface area contributed by atoms with E-state index < -0.39 is 0 Å². The van der Waals surface area contributed by atoms with E-state index in [1.165, 1.54) is 16.7 Å². The van der Waals surface area contributed by atoms with Crippen LogP contribution in [0.15, 0.2) is 54.6 Å². The molecular weight excluding hydrogens is 258 g/mol. The zero-order valence-corrected chi connectivity index (χ0v) is 12.4. The summed E-state index contributed by atoms with van der Waals surface area (Å²) < 4.78 is 0. The zero-order chi connectivity index (χ0) is 14.8. The van der Waals surface area contributed by atoms with E-state index in [-0.39, 0.29) is 12.0 Å². The van der Waals surface area contributed by atoms with Crippen molar-refractivity contribution in [3.05, 3.63) is 71.3 Å². The van der Waals surface area contributed by atoms with Crippen molar-refractivity contribution < 1.29 is 5.11 Å². The van der Waals surface area contributed by atoms with Crippen LogP contribution < -0.4 is 5.73 Å². The van der Waals surface area contributed by atoms with Gasteiger partial charge in [0.25, 0.3) is 0 Å². The van der Waals surface area contributed by atoms with Crippen molar-refractivity contribution in [2.24, 2.45) is 11.7 Å². The van der Waals surface area contributed by atoms with Crippen molar-refractivity contribution in [1.29, 1.82) is 0 Å². The Balaban J connectivity index is 1.76. The molecule has 110 valence electrons. The van der Waals surface area contributed by atoms with E-state index >= 15 is 0 Å². The predicted octanol–water partition coefficient (Wildman–Crippen LogP) is 3.20. The Kier molecular flexibility index (Phi) is 4.09. The van der Waals surface area contributed by atoms with Crippen molar-refractivity contribution in [2.45, 2.75) is 31.3 Å². The summed E-state index contributed by atoms with van der Waals surface area (Å²) in [6.45, 7) is 2.58. The maximum atomic E-state index is 10.8. The minimum absolute atomic E-state index is 0.0323. The minimum Gasteiger partial charge on any atom is -0.392 e. The Hall–Kier alpha value is -1.64. The SMILES string of the molecule is Cc1ccccc1C(CN)C(O)C1CC1c1ccccc1. The number of aliphatic hydroxyl groups excluding tert-OH is 1. The van der Waals surface area contributed by atoms with E-state index in [1.54, 1.807) is 0 Å². The number of nitrogens with two attached hydrogens (primary N) is 1. The Labute approximate surface area is 126 Å². The first-order valence-electron chi connectivity index (χ1n) is 7.71. The summed E-state index contributed by atoms with van der Waals surface area (Å²) in [5, 5.41) is 10.8. The molecule has 0 radical (unpaired) electrons. The van der Waals surface area contributed by atoms with Crippen molar-refractivity contribution in [3.8, 4) is 0 Å². The van der Waals surface area contributed by atoms with Gasteiger partial charge in [-0.2, -0.15) is 0 Å². The topological polar surface area (TPSA) is 46.2 Å². The molecule has 2 nitrogen and oxygen atoms in total. The molecule has 21 heavy (non-hydrogen) atoms. The maximum absolute atomic E-state index is 10.8. The third kappa shape index (κ3) is 2.87. The molecule has 0 bridgehead atoms. The number of hydrogen-bond acceptors (Lipinski definition) is 2. The van der Waals surface area contributed by atoms with Gasteiger partial charge in [0.1, 0.15) is 0 Å². The monoisotopic (exact) mass is 281 g/mol. The fourth-order valence-electron chi connectivity index (χ4n) is 3.43. The van der Waals surface area contributed by atoms with Gasteiger partial charge < -0.3 is 10.8 Å². The third-order valence-corrected chi connectivity index (χ3v) is 4.76. The van der Waals surface area contributed by atoms with Gasteiger partial charge >= 0.3 is 0 Å². The van der Waals surface area contributed by atoms with Gasteiger partial charge in [0.05, 0.1) is 6.10 Å². The largest absolute Gasteiger partial charge is 0.392 e. The van der Waals surface area contributed by atoms with Crippen LogP contribution in [-0.4, -0.2) is 17.8 Å². The molecule has 0 saturated heterocycles. The van der Waals surface area contributed by atoms with Gasteiger partial charge in [0.15, 0.2) is 0 Å². The molecule has 0 heterocycles. The average Bonchev–Trinajstić information content (AvgIpc) is 3.31. The van der Waals surface area contributed by atoms with Gasteiger partial charge in [-0.25, -0.2) is 0 Å². The van der Waals surface area contributed by atoms with E-state index in [0.29, 0.717) is 18.4 Å². The molecular formula is C19H23NO. The molecule has 0 aromatic heterocycles. The molecule has 1 fully saturated rings. The van der Waals surface area contributed by atoms with Gasteiger partial charge in [-0.05, 0) is 41.9 Å². The lowest BCUT2D eigenvalue weighted by Crippen LogP contribution is -2.28. The van der Waals surface area contributed by atoms with Crippen molar-refractivity contribution >= 4 is 0 Å². The highest BCUT2D eigenvalue weighted by molar-refractivity contribution is 5.33. The number of rotatable bonds is 5. The molecule has 1 aliphatic carbocycles. The smallest absolute Gasteiger partial charge is 0.0655 e. The van der Waals surface area contributed by atoms with Crippen LogP contribution in [0.2, 0.25) is 0 Å². The van der Waals surface area contributed by atoms with Crippen molar-refractivity contribution in [3.63, 3.8) is 0 Å². The second-order valence-corrected chi connectivity index (χ2v) is 6.11. The molecule has 2 heteroatoms. The van der Waals surface area contributed by atoms with Crippen LogP contribution in [0, 0.1) is 12.8 Å². The van der Waals surface area contributed by atoms with E-state index in [4.69, 9.17) is 5.73 Å². The normalized spacial score (nSPS) is 23.6. The fourth-order valence-corrected chi connectivity index (χ4v) is 3.43. The number of aliphatic hydroxyl groups is 1. The summed E-state index contributed by atoms with van der Waals surface area (Å²) >= 11 is 0. The molecule has 2 aromatic carbocycles. The van der Waals surface area contributed by atoms with Gasteiger partial charge in [-0.15, -0.1) is 0 Å². The standard InChI is InChI=1S/C19H23NO/c1-13-7-5-6-10-15(13)18(12-20)19(21)17-11-16(17)14-8-3-2-4-9-14/h2-10,16-19,21H,11-12,20H2,1H3. The summed E-state index contributed by atoms with van der Waals surface area (Å²) in [4.78, 5) is 0. The first-order valence-corrected chi connectivity index (χ1v) is 7.71. The van der Waals surface area contributed by atoms with Crippen LogP contribution in [0.25, 0.3) is 0 Å². The lowest BCUT2D eigenvalue weighted by molar-refractivity contribution is 0.120. The fraction of sp³-hybridized carbons (Fsp3) is 0.368. The second kappa shape index (κ2) is 6.00. The lowest BCUT2D eigenvalue weighted by Gasteiger charge is -2.24. The van der Waals surface area contributed by atoms with Gasteiger partial charge in [-0.3, -0.25) is 0 Å². The highest BCUT2D eigenvalue weighted by Gasteiger charge is 2.45. The molecule has 1 aliphatic rings. The van der Waals surface area contributed by atoms with E-state index in [2.05, 4.69) is 43.3 Å². The Bertz CT molecular complexity index is 596. The van der Waals surface area contributed by atoms with Crippen LogP contribution in [-0.2, 0) is 0 Å². The Morgan fingerprint density at radius 1 is 1.10 bits per heavy atom. The molecule has 3 N–H and O–H groups in total. The van der Waals surface area contributed by atoms with Crippen LogP contribution >= 0.6 is 0 Å². The van der Waals surface area contributed by atoms with Crippen molar-refractivity contribution in [2.75, 3.05) is 6.54 Å². The number of hydrogen-bond donors (Lipinski definition) is 2. The van der Waals surface area contributed by atoms with E-state index in [9.17, 15) is 5.11 Å².